The number of hydrogen-bond acceptors (Lipinski definition) is 6. The van der Waals surface area contributed by atoms with Crippen LogP contribution in [0.25, 0.3) is 0 Å². The van der Waals surface area contributed by atoms with Crippen molar-refractivity contribution in [3.63, 3.8) is 0 Å². The zero-order chi connectivity index (χ0) is 18.5. The number of rotatable bonds is 7. The monoisotopic (exact) mass is 390 g/mol. The summed E-state index contributed by atoms with van der Waals surface area (Å²) in [7, 11) is 3.54. The van der Waals surface area contributed by atoms with Crippen molar-refractivity contribution in [3.8, 4) is 0 Å². The molecule has 1 aromatic carbocycles. The molecule has 0 radical (unpaired) electrons. The minimum Gasteiger partial charge on any atom is -0.343 e. The topological polar surface area (TPSA) is 97.9 Å². The lowest BCUT2D eigenvalue weighted by Gasteiger charge is -2.16. The molecule has 2 heterocycles. The molecule has 2 unspecified atom stereocenters. The Bertz CT molecular complexity index is 864. The van der Waals surface area contributed by atoms with Crippen molar-refractivity contribution in [1.29, 1.82) is 0 Å². The highest BCUT2D eigenvalue weighted by molar-refractivity contribution is 5.85. The van der Waals surface area contributed by atoms with Gasteiger partial charge in [-0.15, -0.1) is 12.4 Å². The number of benzene rings is 1. The molecule has 3 aromatic rings. The van der Waals surface area contributed by atoms with Crippen molar-refractivity contribution in [2.24, 2.45) is 7.05 Å². The average molecular weight is 391 g/mol. The zero-order valence-electron chi connectivity index (χ0n) is 15.4. The third-order valence-corrected chi connectivity index (χ3v) is 4.03. The molecule has 0 aliphatic rings. The van der Waals surface area contributed by atoms with Crippen molar-refractivity contribution < 1.29 is 9.32 Å². The fourth-order valence-electron chi connectivity index (χ4n) is 2.69. The second-order valence-electron chi connectivity index (χ2n) is 6.11. The maximum Gasteiger partial charge on any atom is 0.248 e. The lowest BCUT2D eigenvalue weighted by atomic mass is 10.1. The molecule has 0 saturated carbocycles. The summed E-state index contributed by atoms with van der Waals surface area (Å²) in [6.45, 7) is 1.81. The van der Waals surface area contributed by atoms with Crippen LogP contribution in [0.4, 0.5) is 0 Å². The molecule has 0 aliphatic carbocycles. The van der Waals surface area contributed by atoms with Crippen LogP contribution in [0.3, 0.4) is 0 Å². The van der Waals surface area contributed by atoms with E-state index in [9.17, 15) is 4.79 Å². The molecule has 0 aliphatic heterocycles. The fraction of sp³-hybridized carbons (Fsp3) is 0.333. The van der Waals surface area contributed by atoms with E-state index in [4.69, 9.17) is 4.52 Å². The molecule has 0 spiro atoms. The van der Waals surface area contributed by atoms with Crippen LogP contribution in [0.2, 0.25) is 0 Å². The first-order valence-corrected chi connectivity index (χ1v) is 8.39. The predicted octanol–water partition coefficient (Wildman–Crippen LogP) is 1.95. The molecule has 2 N–H and O–H groups in total. The van der Waals surface area contributed by atoms with Gasteiger partial charge >= 0.3 is 0 Å². The minimum absolute atomic E-state index is 0. The van der Waals surface area contributed by atoms with Gasteiger partial charge in [-0.1, -0.05) is 35.5 Å². The van der Waals surface area contributed by atoms with E-state index in [2.05, 4.69) is 25.9 Å². The van der Waals surface area contributed by atoms with Gasteiger partial charge < -0.3 is 15.2 Å². The van der Waals surface area contributed by atoms with Gasteiger partial charge in [0.15, 0.2) is 5.82 Å². The molecule has 8 nitrogen and oxygen atoms in total. The summed E-state index contributed by atoms with van der Waals surface area (Å²) in [5.74, 6) is 0.783. The lowest BCUT2D eigenvalue weighted by Crippen LogP contribution is -2.37. The Labute approximate surface area is 163 Å². The number of aryl methyl sites for hydroxylation is 1. The smallest absolute Gasteiger partial charge is 0.248 e. The number of halogens is 1. The molecule has 2 atom stereocenters. The van der Waals surface area contributed by atoms with Crippen molar-refractivity contribution in [2.75, 3.05) is 7.05 Å². The molecule has 27 heavy (non-hydrogen) atoms. The summed E-state index contributed by atoms with van der Waals surface area (Å²) in [5, 5.41) is 14.0. The van der Waals surface area contributed by atoms with Gasteiger partial charge in [0.2, 0.25) is 11.8 Å². The maximum absolute atomic E-state index is 12.6. The van der Waals surface area contributed by atoms with E-state index in [1.54, 1.807) is 24.1 Å². The first-order chi connectivity index (χ1) is 12.6. The van der Waals surface area contributed by atoms with E-state index in [0.717, 1.165) is 11.1 Å². The molecular formula is C18H23ClN6O2. The van der Waals surface area contributed by atoms with E-state index in [0.29, 0.717) is 18.1 Å². The first-order valence-electron chi connectivity index (χ1n) is 8.39. The molecule has 2 aromatic heterocycles. The Kier molecular flexibility index (Phi) is 7.09. The highest BCUT2D eigenvalue weighted by atomic mass is 35.5. The Morgan fingerprint density at radius 1 is 1.30 bits per heavy atom. The molecular weight excluding hydrogens is 368 g/mol. The van der Waals surface area contributed by atoms with Crippen LogP contribution < -0.4 is 10.6 Å². The van der Waals surface area contributed by atoms with E-state index in [1.165, 1.54) is 0 Å². The predicted molar refractivity (Wildman–Crippen MR) is 102 cm³/mol. The summed E-state index contributed by atoms with van der Waals surface area (Å²) >= 11 is 0. The van der Waals surface area contributed by atoms with Crippen molar-refractivity contribution >= 4 is 18.3 Å². The number of hydrogen-bond donors (Lipinski definition) is 2. The Balaban J connectivity index is 0.00000261. The van der Waals surface area contributed by atoms with Gasteiger partial charge in [-0.2, -0.15) is 10.1 Å². The van der Waals surface area contributed by atoms with Crippen LogP contribution in [0.1, 0.15) is 41.8 Å². The highest BCUT2D eigenvalue weighted by Gasteiger charge is 2.24. The number of carbonyl (C=O) groups excluding carboxylic acids is 1. The molecule has 144 valence electrons. The van der Waals surface area contributed by atoms with Crippen molar-refractivity contribution in [3.05, 3.63) is 65.6 Å². The molecule has 0 saturated heterocycles. The SMILES string of the molecule is CNC(C(=O)NC(C)c1nc(Cc2ccccc2)no1)c1cnn(C)c1.Cl. The fourth-order valence-corrected chi connectivity index (χ4v) is 2.69. The molecule has 0 fully saturated rings. The van der Waals surface area contributed by atoms with Crippen LogP contribution >= 0.6 is 12.4 Å². The van der Waals surface area contributed by atoms with Gasteiger partial charge in [0.25, 0.3) is 0 Å². The normalized spacial score (nSPS) is 12.9. The van der Waals surface area contributed by atoms with Gasteiger partial charge in [-0.25, -0.2) is 0 Å². The number of aromatic nitrogens is 4. The van der Waals surface area contributed by atoms with Crippen molar-refractivity contribution in [2.45, 2.75) is 25.4 Å². The Morgan fingerprint density at radius 2 is 2.04 bits per heavy atom. The third-order valence-electron chi connectivity index (χ3n) is 4.03. The van der Waals surface area contributed by atoms with Gasteiger partial charge in [0.05, 0.1) is 6.20 Å². The average Bonchev–Trinajstić information content (AvgIpc) is 3.26. The molecule has 9 heteroatoms. The van der Waals surface area contributed by atoms with Crippen LogP contribution in [0.5, 0.6) is 0 Å². The number of amides is 1. The van der Waals surface area contributed by atoms with Crippen LogP contribution in [0.15, 0.2) is 47.2 Å². The number of carbonyl (C=O) groups is 1. The Hall–Kier alpha value is -2.71. The van der Waals surface area contributed by atoms with Crippen molar-refractivity contribution in [1.82, 2.24) is 30.6 Å². The van der Waals surface area contributed by atoms with E-state index < -0.39 is 12.1 Å². The lowest BCUT2D eigenvalue weighted by molar-refractivity contribution is -0.124. The van der Waals surface area contributed by atoms with Crippen LogP contribution in [0, 0.1) is 0 Å². The summed E-state index contributed by atoms with van der Waals surface area (Å²) in [4.78, 5) is 17.0. The maximum atomic E-state index is 12.6. The first kappa shape index (κ1) is 20.6. The van der Waals surface area contributed by atoms with E-state index in [1.807, 2.05) is 44.3 Å². The molecule has 1 amide bonds. The number of likely N-dealkylation sites (N-methyl/N-ethyl adjacent to an activating group) is 1. The summed E-state index contributed by atoms with van der Waals surface area (Å²) in [6.07, 6.45) is 4.05. The minimum atomic E-state index is -0.502. The number of nitrogens with one attached hydrogen (secondary N) is 2. The van der Waals surface area contributed by atoms with Gasteiger partial charge in [0, 0.05) is 25.2 Å². The van der Waals surface area contributed by atoms with E-state index in [-0.39, 0.29) is 18.3 Å². The van der Waals surface area contributed by atoms with E-state index >= 15 is 0 Å². The second-order valence-corrected chi connectivity index (χ2v) is 6.11. The summed E-state index contributed by atoms with van der Waals surface area (Å²) < 4.78 is 6.97. The van der Waals surface area contributed by atoms with Gasteiger partial charge in [-0.05, 0) is 19.5 Å². The standard InChI is InChI=1S/C18H22N6O2.ClH/c1-12(21-17(25)16(19-2)14-10-20-24(3)11-14)18-22-15(23-26-18)9-13-7-5-4-6-8-13;/h4-8,10-12,16,19H,9H2,1-3H3,(H,21,25);1H. The van der Waals surface area contributed by atoms with Crippen LogP contribution in [-0.2, 0) is 18.3 Å². The zero-order valence-corrected chi connectivity index (χ0v) is 16.2. The quantitative estimate of drug-likeness (QED) is 0.640. The largest absolute Gasteiger partial charge is 0.343 e. The highest BCUT2D eigenvalue weighted by Crippen LogP contribution is 2.16. The van der Waals surface area contributed by atoms with Crippen LogP contribution in [-0.4, -0.2) is 32.9 Å². The molecule has 0 bridgehead atoms. The summed E-state index contributed by atoms with van der Waals surface area (Å²) in [5.41, 5.74) is 1.89. The second kappa shape index (κ2) is 9.29. The summed E-state index contributed by atoms with van der Waals surface area (Å²) in [6, 6.07) is 9.01. The van der Waals surface area contributed by atoms with Gasteiger partial charge in [-0.3, -0.25) is 9.48 Å². The third kappa shape index (κ3) is 5.15. The molecule has 3 rings (SSSR count). The van der Waals surface area contributed by atoms with Gasteiger partial charge in [0.1, 0.15) is 12.1 Å². The number of nitrogens with zero attached hydrogens (tertiary/aromatic N) is 4. The Morgan fingerprint density at radius 3 is 2.67 bits per heavy atom.